The number of hydrogen-bond acceptors (Lipinski definition) is 6. The minimum Gasteiger partial charge on any atom is -0.462 e. The summed E-state index contributed by atoms with van der Waals surface area (Å²) in [5.74, 6) is 0. The first kappa shape index (κ1) is 15.8. The Labute approximate surface area is 129 Å². The first-order valence-corrected chi connectivity index (χ1v) is 6.81. The molecule has 0 saturated heterocycles. The van der Waals surface area contributed by atoms with E-state index < -0.39 is 5.54 Å². The number of aliphatic imine (C=N–C) groups is 2. The molecule has 2 rings (SSSR count). The molecule has 1 heterocycles. The molecular weight excluding hydrogens is 282 g/mol. The zero-order valence-corrected chi connectivity index (χ0v) is 12.9. The fraction of sp³-hybridized carbons (Fsp3) is 0.400. The third kappa shape index (κ3) is 3.74. The van der Waals surface area contributed by atoms with Crippen LogP contribution in [0.15, 0.2) is 28.2 Å². The van der Waals surface area contributed by atoms with Gasteiger partial charge in [-0.25, -0.2) is 9.98 Å². The summed E-state index contributed by atoms with van der Waals surface area (Å²) in [5.41, 5.74) is 1.11. The van der Waals surface area contributed by atoms with E-state index in [0.29, 0.717) is 29.6 Å². The summed E-state index contributed by atoms with van der Waals surface area (Å²) in [4.78, 5) is 10.3. The van der Waals surface area contributed by atoms with E-state index in [-0.39, 0.29) is 6.61 Å². The monoisotopic (exact) mass is 301 g/mol. The summed E-state index contributed by atoms with van der Waals surface area (Å²) < 4.78 is 5.41. The van der Waals surface area contributed by atoms with Crippen molar-refractivity contribution in [2.24, 2.45) is 9.98 Å². The molecule has 1 unspecified atom stereocenters. The molecule has 1 aromatic carbocycles. The van der Waals surface area contributed by atoms with E-state index in [0.717, 1.165) is 0 Å². The molecule has 0 aromatic heterocycles. The second-order valence-electron chi connectivity index (χ2n) is 5.54. The summed E-state index contributed by atoms with van der Waals surface area (Å²) in [6, 6.07) is 7.69. The van der Waals surface area contributed by atoms with Gasteiger partial charge in [0.05, 0.1) is 24.2 Å². The number of amidine groups is 1. The first-order valence-electron chi connectivity index (χ1n) is 6.81. The third-order valence-electron chi connectivity index (χ3n) is 3.03. The standard InChI is InChI=1S/C15H19N5O2/c1-15(8-21)9-22-14(19-15)18-12-4-5-13(11(6-12)7-16)17-10-20(2)3/h4-6,10,21H,8-9H2,1-3H3,(H,18,19). The van der Waals surface area contributed by atoms with E-state index in [1.165, 1.54) is 0 Å². The molecule has 0 bridgehead atoms. The topological polar surface area (TPSA) is 93.2 Å². The Morgan fingerprint density at radius 3 is 2.95 bits per heavy atom. The summed E-state index contributed by atoms with van der Waals surface area (Å²) in [5, 5.41) is 21.5. The molecular formula is C15H19N5O2. The van der Waals surface area contributed by atoms with Gasteiger partial charge in [-0.2, -0.15) is 5.26 Å². The molecule has 1 aliphatic heterocycles. The number of aliphatic hydroxyl groups excluding tert-OH is 1. The van der Waals surface area contributed by atoms with Gasteiger partial charge in [0.25, 0.3) is 6.02 Å². The van der Waals surface area contributed by atoms with Crippen molar-refractivity contribution in [1.82, 2.24) is 4.90 Å². The lowest BCUT2D eigenvalue weighted by molar-refractivity contribution is 0.170. The van der Waals surface area contributed by atoms with E-state index in [2.05, 4.69) is 21.4 Å². The molecule has 0 amide bonds. The lowest BCUT2D eigenvalue weighted by Gasteiger charge is -2.12. The molecule has 0 saturated carbocycles. The molecule has 1 atom stereocenters. The lowest BCUT2D eigenvalue weighted by atomic mass is 10.1. The molecule has 7 heteroatoms. The van der Waals surface area contributed by atoms with Gasteiger partial charge in [0, 0.05) is 19.8 Å². The smallest absolute Gasteiger partial charge is 0.290 e. The molecule has 0 radical (unpaired) electrons. The van der Waals surface area contributed by atoms with Crippen LogP contribution in [0.5, 0.6) is 0 Å². The molecule has 1 aromatic rings. The molecule has 7 nitrogen and oxygen atoms in total. The summed E-state index contributed by atoms with van der Waals surface area (Å²) in [6.07, 6.45) is 1.64. The minimum atomic E-state index is -0.615. The Morgan fingerprint density at radius 1 is 1.59 bits per heavy atom. The van der Waals surface area contributed by atoms with Crippen LogP contribution in [0.25, 0.3) is 0 Å². The number of aliphatic hydroxyl groups is 1. The highest BCUT2D eigenvalue weighted by Gasteiger charge is 2.31. The van der Waals surface area contributed by atoms with Crippen LogP contribution in [0.3, 0.4) is 0 Å². The second kappa shape index (κ2) is 6.45. The quantitative estimate of drug-likeness (QED) is 0.646. The first-order chi connectivity index (χ1) is 10.5. The Morgan fingerprint density at radius 2 is 2.36 bits per heavy atom. The molecule has 22 heavy (non-hydrogen) atoms. The third-order valence-corrected chi connectivity index (χ3v) is 3.03. The maximum atomic E-state index is 9.25. The van der Waals surface area contributed by atoms with Crippen molar-refractivity contribution in [2.45, 2.75) is 12.5 Å². The van der Waals surface area contributed by atoms with Crippen LogP contribution < -0.4 is 5.32 Å². The maximum absolute atomic E-state index is 9.25. The Balaban J connectivity index is 2.17. The highest BCUT2D eigenvalue weighted by molar-refractivity contribution is 5.91. The number of benzene rings is 1. The van der Waals surface area contributed by atoms with Crippen LogP contribution in [0, 0.1) is 11.3 Å². The maximum Gasteiger partial charge on any atom is 0.290 e. The Hall–Kier alpha value is -2.59. The second-order valence-corrected chi connectivity index (χ2v) is 5.54. The molecule has 0 aliphatic carbocycles. The normalized spacial score (nSPS) is 20.4. The van der Waals surface area contributed by atoms with Crippen molar-refractivity contribution in [3.63, 3.8) is 0 Å². The molecule has 2 N–H and O–H groups in total. The van der Waals surface area contributed by atoms with Gasteiger partial charge < -0.3 is 20.1 Å². The SMILES string of the molecule is CN(C)C=Nc1ccc(NC2=NC(C)(CO)CO2)cc1C#N. The average molecular weight is 301 g/mol. The zero-order valence-electron chi connectivity index (χ0n) is 12.9. The van der Waals surface area contributed by atoms with Crippen LogP contribution in [-0.4, -0.2) is 55.2 Å². The molecule has 0 fully saturated rings. The molecule has 1 aliphatic rings. The van der Waals surface area contributed by atoms with Crippen molar-refractivity contribution in [1.29, 1.82) is 5.26 Å². The number of nitrogens with one attached hydrogen (secondary N) is 1. The van der Waals surface area contributed by atoms with Crippen molar-refractivity contribution in [2.75, 3.05) is 32.6 Å². The highest BCUT2D eigenvalue weighted by Crippen LogP contribution is 2.24. The van der Waals surface area contributed by atoms with Crippen LogP contribution >= 0.6 is 0 Å². The van der Waals surface area contributed by atoms with Gasteiger partial charge in [-0.15, -0.1) is 0 Å². The van der Waals surface area contributed by atoms with E-state index in [4.69, 9.17) is 4.74 Å². The van der Waals surface area contributed by atoms with Crippen molar-refractivity contribution in [3.05, 3.63) is 23.8 Å². The van der Waals surface area contributed by atoms with Crippen molar-refractivity contribution < 1.29 is 9.84 Å². The van der Waals surface area contributed by atoms with Crippen LogP contribution in [-0.2, 0) is 4.74 Å². The highest BCUT2D eigenvalue weighted by atomic mass is 16.5. The predicted octanol–water partition coefficient (Wildman–Crippen LogP) is 1.33. The van der Waals surface area contributed by atoms with Crippen LogP contribution in [0.2, 0.25) is 0 Å². The van der Waals surface area contributed by atoms with Gasteiger partial charge in [-0.05, 0) is 25.1 Å². The van der Waals surface area contributed by atoms with Gasteiger partial charge >= 0.3 is 0 Å². The van der Waals surface area contributed by atoms with Gasteiger partial charge in [-0.1, -0.05) is 0 Å². The largest absolute Gasteiger partial charge is 0.462 e. The van der Waals surface area contributed by atoms with Gasteiger partial charge in [0.2, 0.25) is 0 Å². The number of hydrogen-bond donors (Lipinski definition) is 2. The van der Waals surface area contributed by atoms with E-state index in [1.807, 2.05) is 14.1 Å². The minimum absolute atomic E-state index is 0.0835. The van der Waals surface area contributed by atoms with E-state index in [9.17, 15) is 10.4 Å². The van der Waals surface area contributed by atoms with Gasteiger partial charge in [-0.3, -0.25) is 0 Å². The van der Waals surface area contributed by atoms with Crippen molar-refractivity contribution >= 4 is 23.7 Å². The summed E-state index contributed by atoms with van der Waals surface area (Å²) in [6.45, 7) is 2.05. The Bertz CT molecular complexity index is 648. The number of rotatable bonds is 4. The van der Waals surface area contributed by atoms with Gasteiger partial charge in [0.1, 0.15) is 18.2 Å². The molecule has 0 spiro atoms. The zero-order chi connectivity index (χ0) is 16.2. The predicted molar refractivity (Wildman–Crippen MR) is 85.5 cm³/mol. The fourth-order valence-electron chi connectivity index (χ4n) is 1.80. The lowest BCUT2D eigenvalue weighted by Crippen LogP contribution is -2.28. The van der Waals surface area contributed by atoms with Crippen LogP contribution in [0.4, 0.5) is 11.4 Å². The van der Waals surface area contributed by atoms with E-state index >= 15 is 0 Å². The fourth-order valence-corrected chi connectivity index (χ4v) is 1.80. The average Bonchev–Trinajstić information content (AvgIpc) is 2.87. The summed E-state index contributed by atoms with van der Waals surface area (Å²) in [7, 11) is 3.72. The van der Waals surface area contributed by atoms with Crippen LogP contribution in [0.1, 0.15) is 12.5 Å². The number of ether oxygens (including phenoxy) is 1. The molecule has 116 valence electrons. The Kier molecular flexibility index (Phi) is 4.63. The van der Waals surface area contributed by atoms with Gasteiger partial charge in [0.15, 0.2) is 0 Å². The number of nitriles is 1. The number of anilines is 1. The number of nitrogens with zero attached hydrogens (tertiary/aromatic N) is 4. The van der Waals surface area contributed by atoms with Crippen molar-refractivity contribution in [3.8, 4) is 6.07 Å². The van der Waals surface area contributed by atoms with E-state index in [1.54, 1.807) is 36.4 Å². The summed E-state index contributed by atoms with van der Waals surface area (Å²) >= 11 is 0.